The molecule has 7 nitrogen and oxygen atoms in total. The lowest BCUT2D eigenvalue weighted by Crippen LogP contribution is -2.09. The van der Waals surface area contributed by atoms with Gasteiger partial charge < -0.3 is 25.0 Å². The summed E-state index contributed by atoms with van der Waals surface area (Å²) in [5.74, 6) is -2.42. The predicted octanol–water partition coefficient (Wildman–Crippen LogP) is 3.31. The normalized spacial score (nSPS) is 9.63. The lowest BCUT2D eigenvalue weighted by atomic mass is 10.1. The van der Waals surface area contributed by atoms with Gasteiger partial charge in [-0.15, -0.1) is 0 Å². The number of aryl methyl sites for hydroxylation is 1. The Balaban J connectivity index is 0.000000527. The standard InChI is InChI=1S/C17H20FNO2.C2H2O4/c1-4-21-17-10-13(5-8-16(17)20-3)11-19-15-7-6-14(18)9-12(15)2;3-1(4)2(5)6/h5-10,19H,4,11H2,1-3H3;(H,3,4)(H,5,6). The molecule has 3 N–H and O–H groups in total. The average molecular weight is 379 g/mol. The van der Waals surface area contributed by atoms with Crippen molar-refractivity contribution in [3.05, 3.63) is 53.3 Å². The van der Waals surface area contributed by atoms with Crippen LogP contribution >= 0.6 is 0 Å². The Bertz CT molecular complexity index is 782. The first-order chi connectivity index (χ1) is 12.8. The van der Waals surface area contributed by atoms with Crippen LogP contribution in [0.4, 0.5) is 10.1 Å². The number of ether oxygens (including phenoxy) is 2. The van der Waals surface area contributed by atoms with Crippen LogP contribution in [-0.2, 0) is 16.1 Å². The minimum absolute atomic E-state index is 0.221. The van der Waals surface area contributed by atoms with Gasteiger partial charge in [0.25, 0.3) is 0 Å². The van der Waals surface area contributed by atoms with Gasteiger partial charge in [-0.3, -0.25) is 0 Å². The molecule has 0 aliphatic rings. The molecule has 27 heavy (non-hydrogen) atoms. The van der Waals surface area contributed by atoms with E-state index in [0.717, 1.165) is 28.3 Å². The van der Waals surface area contributed by atoms with Crippen molar-refractivity contribution < 1.29 is 33.7 Å². The molecule has 2 aromatic rings. The molecule has 0 atom stereocenters. The molecule has 0 aliphatic carbocycles. The fourth-order valence-corrected chi connectivity index (χ4v) is 2.12. The number of methoxy groups -OCH3 is 1. The van der Waals surface area contributed by atoms with Crippen LogP contribution in [0.15, 0.2) is 36.4 Å². The molecule has 0 spiro atoms. The third kappa shape index (κ3) is 7.23. The van der Waals surface area contributed by atoms with E-state index in [0.29, 0.717) is 13.2 Å². The molecule has 0 saturated heterocycles. The van der Waals surface area contributed by atoms with Crippen LogP contribution < -0.4 is 14.8 Å². The van der Waals surface area contributed by atoms with E-state index >= 15 is 0 Å². The highest BCUT2D eigenvalue weighted by Crippen LogP contribution is 2.28. The van der Waals surface area contributed by atoms with E-state index in [1.165, 1.54) is 12.1 Å². The number of aliphatic carboxylic acids is 2. The minimum Gasteiger partial charge on any atom is -0.493 e. The van der Waals surface area contributed by atoms with Crippen molar-refractivity contribution in [1.29, 1.82) is 0 Å². The summed E-state index contributed by atoms with van der Waals surface area (Å²) in [5.41, 5.74) is 2.88. The number of rotatable bonds is 6. The van der Waals surface area contributed by atoms with Crippen LogP contribution in [0.2, 0.25) is 0 Å². The van der Waals surface area contributed by atoms with Crippen LogP contribution in [0.1, 0.15) is 18.1 Å². The largest absolute Gasteiger partial charge is 0.493 e. The molecule has 0 unspecified atom stereocenters. The van der Waals surface area contributed by atoms with Crippen molar-refractivity contribution in [3.8, 4) is 11.5 Å². The summed E-state index contributed by atoms with van der Waals surface area (Å²) in [6.07, 6.45) is 0. The molecule has 0 aromatic heterocycles. The molecule has 8 heteroatoms. The topological polar surface area (TPSA) is 105 Å². The Kier molecular flexibility index (Phi) is 8.58. The van der Waals surface area contributed by atoms with Gasteiger partial charge in [-0.2, -0.15) is 0 Å². The molecular weight excluding hydrogens is 357 g/mol. The number of hydrogen-bond donors (Lipinski definition) is 3. The van der Waals surface area contributed by atoms with Gasteiger partial charge in [-0.1, -0.05) is 6.07 Å². The number of carboxylic acids is 2. The number of carboxylic acid groups (broad SMARTS) is 2. The van der Waals surface area contributed by atoms with Crippen LogP contribution in [-0.4, -0.2) is 35.9 Å². The molecule has 0 radical (unpaired) electrons. The van der Waals surface area contributed by atoms with Gasteiger partial charge in [-0.05, 0) is 55.3 Å². The maximum atomic E-state index is 13.1. The van der Waals surface area contributed by atoms with Gasteiger partial charge in [0, 0.05) is 12.2 Å². The van der Waals surface area contributed by atoms with Gasteiger partial charge in [0.1, 0.15) is 5.82 Å². The number of halogens is 1. The second-order valence-corrected chi connectivity index (χ2v) is 5.34. The Morgan fingerprint density at radius 1 is 1.07 bits per heavy atom. The Morgan fingerprint density at radius 3 is 2.26 bits per heavy atom. The van der Waals surface area contributed by atoms with Crippen molar-refractivity contribution in [2.75, 3.05) is 19.0 Å². The van der Waals surface area contributed by atoms with Crippen molar-refractivity contribution in [1.82, 2.24) is 0 Å². The lowest BCUT2D eigenvalue weighted by Gasteiger charge is -2.13. The minimum atomic E-state index is -1.82. The number of anilines is 1. The third-order valence-corrected chi connectivity index (χ3v) is 3.38. The number of hydrogen-bond acceptors (Lipinski definition) is 5. The predicted molar refractivity (Wildman–Crippen MR) is 97.9 cm³/mol. The Labute approximate surface area is 156 Å². The average Bonchev–Trinajstić information content (AvgIpc) is 2.62. The zero-order chi connectivity index (χ0) is 20.4. The molecule has 0 bridgehead atoms. The van der Waals surface area contributed by atoms with E-state index in [1.54, 1.807) is 13.2 Å². The smallest absolute Gasteiger partial charge is 0.414 e. The van der Waals surface area contributed by atoms with Gasteiger partial charge in [0.2, 0.25) is 0 Å². The van der Waals surface area contributed by atoms with Gasteiger partial charge in [-0.25, -0.2) is 14.0 Å². The van der Waals surface area contributed by atoms with E-state index in [-0.39, 0.29) is 5.82 Å². The fourth-order valence-electron chi connectivity index (χ4n) is 2.12. The van der Waals surface area contributed by atoms with Crippen LogP contribution in [0.5, 0.6) is 11.5 Å². The van der Waals surface area contributed by atoms with Crippen LogP contribution in [0.25, 0.3) is 0 Å². The second kappa shape index (κ2) is 10.6. The van der Waals surface area contributed by atoms with Crippen molar-refractivity contribution >= 4 is 17.6 Å². The summed E-state index contributed by atoms with van der Waals surface area (Å²) in [4.78, 5) is 18.2. The van der Waals surface area contributed by atoms with Crippen molar-refractivity contribution in [2.45, 2.75) is 20.4 Å². The quantitative estimate of drug-likeness (QED) is 0.661. The summed E-state index contributed by atoms with van der Waals surface area (Å²) in [6.45, 7) is 5.04. The summed E-state index contributed by atoms with van der Waals surface area (Å²) >= 11 is 0. The number of nitrogens with one attached hydrogen (secondary N) is 1. The van der Waals surface area contributed by atoms with Gasteiger partial charge in [0.15, 0.2) is 11.5 Å². The lowest BCUT2D eigenvalue weighted by molar-refractivity contribution is -0.159. The maximum Gasteiger partial charge on any atom is 0.414 e. The molecule has 2 rings (SSSR count). The number of carbonyl (C=O) groups is 2. The highest BCUT2D eigenvalue weighted by molar-refractivity contribution is 6.27. The summed E-state index contributed by atoms with van der Waals surface area (Å²) < 4.78 is 23.9. The van der Waals surface area contributed by atoms with Gasteiger partial charge >= 0.3 is 11.9 Å². The van der Waals surface area contributed by atoms with Crippen LogP contribution in [0, 0.1) is 12.7 Å². The molecule has 0 aliphatic heterocycles. The summed E-state index contributed by atoms with van der Waals surface area (Å²) in [7, 11) is 1.62. The zero-order valence-corrected chi connectivity index (χ0v) is 15.3. The first-order valence-corrected chi connectivity index (χ1v) is 8.04. The highest BCUT2D eigenvalue weighted by atomic mass is 19.1. The summed E-state index contributed by atoms with van der Waals surface area (Å²) in [6, 6.07) is 10.5. The zero-order valence-electron chi connectivity index (χ0n) is 15.3. The highest BCUT2D eigenvalue weighted by Gasteiger charge is 2.06. The molecule has 0 fully saturated rings. The maximum absolute atomic E-state index is 13.1. The Morgan fingerprint density at radius 2 is 1.74 bits per heavy atom. The monoisotopic (exact) mass is 379 g/mol. The molecule has 146 valence electrons. The third-order valence-electron chi connectivity index (χ3n) is 3.38. The van der Waals surface area contributed by atoms with E-state index in [2.05, 4.69) is 5.32 Å². The second-order valence-electron chi connectivity index (χ2n) is 5.34. The van der Waals surface area contributed by atoms with Crippen molar-refractivity contribution in [2.24, 2.45) is 0 Å². The first-order valence-electron chi connectivity index (χ1n) is 8.04. The molecular formula is C19H22FNO6. The van der Waals surface area contributed by atoms with E-state index in [4.69, 9.17) is 29.3 Å². The van der Waals surface area contributed by atoms with Gasteiger partial charge in [0.05, 0.1) is 13.7 Å². The van der Waals surface area contributed by atoms with E-state index in [9.17, 15) is 4.39 Å². The Hall–Kier alpha value is -3.29. The fraction of sp³-hybridized carbons (Fsp3) is 0.263. The number of benzene rings is 2. The van der Waals surface area contributed by atoms with E-state index < -0.39 is 11.9 Å². The SMILES string of the molecule is CCOc1cc(CNc2ccc(F)cc2C)ccc1OC.O=C(O)C(=O)O. The van der Waals surface area contributed by atoms with Crippen molar-refractivity contribution in [3.63, 3.8) is 0 Å². The molecule has 0 heterocycles. The first kappa shape index (κ1) is 21.8. The summed E-state index contributed by atoms with van der Waals surface area (Å²) in [5, 5.41) is 18.1. The molecule has 2 aromatic carbocycles. The van der Waals surface area contributed by atoms with Crippen LogP contribution in [0.3, 0.4) is 0 Å². The van der Waals surface area contributed by atoms with E-state index in [1.807, 2.05) is 32.0 Å². The molecule has 0 amide bonds. The molecule has 0 saturated carbocycles.